The summed E-state index contributed by atoms with van der Waals surface area (Å²) in [5.74, 6) is 0.0346. The van der Waals surface area contributed by atoms with Gasteiger partial charge in [0.2, 0.25) is 5.91 Å². The van der Waals surface area contributed by atoms with Crippen molar-refractivity contribution in [2.45, 2.75) is 56.7 Å². The van der Waals surface area contributed by atoms with Gasteiger partial charge in [0.1, 0.15) is 12.1 Å². The largest absolute Gasteiger partial charge is 0.392 e. The number of hydrogen-bond donors (Lipinski definition) is 1. The molecule has 1 saturated carbocycles. The van der Waals surface area contributed by atoms with E-state index < -0.39 is 0 Å². The highest BCUT2D eigenvalue weighted by atomic mass is 16.6. The molecule has 138 valence electrons. The summed E-state index contributed by atoms with van der Waals surface area (Å²) >= 11 is 0. The number of carbonyl (C=O) groups is 1. The van der Waals surface area contributed by atoms with Crippen molar-refractivity contribution < 1.29 is 9.63 Å². The van der Waals surface area contributed by atoms with E-state index >= 15 is 0 Å². The summed E-state index contributed by atoms with van der Waals surface area (Å²) < 4.78 is 0. The van der Waals surface area contributed by atoms with Gasteiger partial charge in [-0.05, 0) is 50.7 Å². The highest BCUT2D eigenvalue weighted by molar-refractivity contribution is 5.79. The van der Waals surface area contributed by atoms with Crippen LogP contribution in [-0.4, -0.2) is 53.3 Å². The SMILES string of the molecule is N#C[C@@H]1CCCN1C(=O)CNC1CCC(ON=Cc2ccccn2)CC1. The van der Waals surface area contributed by atoms with Crippen molar-refractivity contribution in [3.05, 3.63) is 30.1 Å². The van der Waals surface area contributed by atoms with Crippen LogP contribution >= 0.6 is 0 Å². The van der Waals surface area contributed by atoms with Crippen molar-refractivity contribution in [2.24, 2.45) is 5.16 Å². The summed E-state index contributed by atoms with van der Waals surface area (Å²) in [6.07, 6.45) is 8.93. The van der Waals surface area contributed by atoms with Gasteiger partial charge in [0.15, 0.2) is 0 Å². The van der Waals surface area contributed by atoms with Crippen LogP contribution < -0.4 is 5.32 Å². The standard InChI is InChI=1S/C19H25N5O2/c20-12-17-5-3-11-24(17)19(25)14-22-15-6-8-18(9-7-15)26-23-13-16-4-1-2-10-21-16/h1-2,4,10,13,15,17-18,22H,3,5-9,11,14H2/t15?,17-,18?/m0/s1. The number of aromatic nitrogens is 1. The highest BCUT2D eigenvalue weighted by Gasteiger charge is 2.29. The minimum absolute atomic E-state index is 0.0346. The quantitative estimate of drug-likeness (QED) is 0.621. The second kappa shape index (κ2) is 9.30. The number of oxime groups is 1. The number of rotatable bonds is 6. The normalized spacial score (nSPS) is 26.0. The molecule has 0 radical (unpaired) electrons. The molecule has 1 saturated heterocycles. The van der Waals surface area contributed by atoms with Crippen LogP contribution in [0.2, 0.25) is 0 Å². The molecule has 1 amide bonds. The van der Waals surface area contributed by atoms with Gasteiger partial charge < -0.3 is 15.1 Å². The van der Waals surface area contributed by atoms with Gasteiger partial charge in [-0.2, -0.15) is 5.26 Å². The van der Waals surface area contributed by atoms with Gasteiger partial charge in [-0.15, -0.1) is 0 Å². The van der Waals surface area contributed by atoms with Crippen LogP contribution in [0.3, 0.4) is 0 Å². The topological polar surface area (TPSA) is 90.6 Å². The summed E-state index contributed by atoms with van der Waals surface area (Å²) in [4.78, 5) is 23.7. The Bertz CT molecular complexity index is 650. The number of carbonyl (C=O) groups excluding carboxylic acids is 1. The Morgan fingerprint density at radius 1 is 1.38 bits per heavy atom. The Morgan fingerprint density at radius 2 is 2.23 bits per heavy atom. The first-order chi connectivity index (χ1) is 12.8. The Morgan fingerprint density at radius 3 is 2.96 bits per heavy atom. The monoisotopic (exact) mass is 355 g/mol. The van der Waals surface area contributed by atoms with Crippen molar-refractivity contribution >= 4 is 12.1 Å². The highest BCUT2D eigenvalue weighted by Crippen LogP contribution is 2.22. The van der Waals surface area contributed by atoms with Gasteiger partial charge in [0.05, 0.1) is 24.5 Å². The fourth-order valence-corrected chi connectivity index (χ4v) is 3.53. The van der Waals surface area contributed by atoms with Crippen molar-refractivity contribution in [3.8, 4) is 6.07 Å². The van der Waals surface area contributed by atoms with E-state index in [1.165, 1.54) is 0 Å². The minimum atomic E-state index is -0.245. The average Bonchev–Trinajstić information content (AvgIpc) is 3.17. The van der Waals surface area contributed by atoms with E-state index in [0.29, 0.717) is 19.1 Å². The number of nitriles is 1. The maximum Gasteiger partial charge on any atom is 0.237 e. The molecule has 1 aromatic heterocycles. The summed E-state index contributed by atoms with van der Waals surface area (Å²) in [5.41, 5.74) is 0.777. The maximum absolute atomic E-state index is 12.3. The summed E-state index contributed by atoms with van der Waals surface area (Å²) in [6.45, 7) is 1.01. The molecule has 0 spiro atoms. The van der Waals surface area contributed by atoms with Crippen LogP contribution in [0, 0.1) is 11.3 Å². The van der Waals surface area contributed by atoms with Gasteiger partial charge in [-0.3, -0.25) is 9.78 Å². The Hall–Kier alpha value is -2.46. The Balaban J connectivity index is 1.34. The minimum Gasteiger partial charge on any atom is -0.392 e. The lowest BCUT2D eigenvalue weighted by molar-refractivity contribution is -0.130. The van der Waals surface area contributed by atoms with E-state index in [4.69, 9.17) is 10.1 Å². The molecule has 1 aromatic rings. The van der Waals surface area contributed by atoms with Crippen LogP contribution in [0.4, 0.5) is 0 Å². The molecule has 1 N–H and O–H groups in total. The van der Waals surface area contributed by atoms with Gasteiger partial charge >= 0.3 is 0 Å². The summed E-state index contributed by atoms with van der Waals surface area (Å²) in [6, 6.07) is 7.94. The van der Waals surface area contributed by atoms with E-state index in [0.717, 1.165) is 44.2 Å². The van der Waals surface area contributed by atoms with Crippen LogP contribution in [0.5, 0.6) is 0 Å². The van der Waals surface area contributed by atoms with E-state index in [9.17, 15) is 4.79 Å². The molecule has 0 bridgehead atoms. The summed E-state index contributed by atoms with van der Waals surface area (Å²) in [7, 11) is 0. The van der Waals surface area contributed by atoms with E-state index in [-0.39, 0.29) is 18.1 Å². The third-order valence-electron chi connectivity index (χ3n) is 5.02. The van der Waals surface area contributed by atoms with Gasteiger partial charge in [-0.1, -0.05) is 11.2 Å². The first kappa shape index (κ1) is 18.3. The Kier molecular flexibility index (Phi) is 6.56. The van der Waals surface area contributed by atoms with Crippen molar-refractivity contribution in [1.82, 2.24) is 15.2 Å². The fraction of sp³-hybridized carbons (Fsp3) is 0.579. The maximum atomic E-state index is 12.3. The smallest absolute Gasteiger partial charge is 0.237 e. The zero-order chi connectivity index (χ0) is 18.2. The number of nitrogens with one attached hydrogen (secondary N) is 1. The molecular weight excluding hydrogens is 330 g/mol. The lowest BCUT2D eigenvalue weighted by Gasteiger charge is -2.28. The molecule has 7 heteroatoms. The third kappa shape index (κ3) is 5.02. The first-order valence-corrected chi connectivity index (χ1v) is 9.29. The number of nitrogens with zero attached hydrogens (tertiary/aromatic N) is 4. The van der Waals surface area contributed by atoms with Crippen molar-refractivity contribution in [2.75, 3.05) is 13.1 Å². The second-order valence-corrected chi connectivity index (χ2v) is 6.82. The summed E-state index contributed by atoms with van der Waals surface area (Å²) in [5, 5.41) is 16.5. The van der Waals surface area contributed by atoms with Crippen LogP contribution in [0.15, 0.2) is 29.6 Å². The molecule has 2 heterocycles. The third-order valence-corrected chi connectivity index (χ3v) is 5.02. The molecule has 0 aromatic carbocycles. The first-order valence-electron chi connectivity index (χ1n) is 9.29. The fourth-order valence-electron chi connectivity index (χ4n) is 3.53. The molecule has 2 aliphatic rings. The molecule has 1 aliphatic carbocycles. The Labute approximate surface area is 154 Å². The van der Waals surface area contributed by atoms with Crippen molar-refractivity contribution in [1.29, 1.82) is 5.26 Å². The zero-order valence-electron chi connectivity index (χ0n) is 14.9. The second-order valence-electron chi connectivity index (χ2n) is 6.82. The molecule has 26 heavy (non-hydrogen) atoms. The van der Waals surface area contributed by atoms with Crippen LogP contribution in [-0.2, 0) is 9.63 Å². The molecule has 7 nitrogen and oxygen atoms in total. The molecule has 0 unspecified atom stereocenters. The van der Waals surface area contributed by atoms with Crippen molar-refractivity contribution in [3.63, 3.8) is 0 Å². The van der Waals surface area contributed by atoms with Crippen LogP contribution in [0.1, 0.15) is 44.2 Å². The predicted molar refractivity (Wildman–Crippen MR) is 97.3 cm³/mol. The lowest BCUT2D eigenvalue weighted by atomic mass is 9.93. The number of hydrogen-bond acceptors (Lipinski definition) is 6. The predicted octanol–water partition coefficient (Wildman–Crippen LogP) is 1.85. The number of pyridine rings is 1. The molecule has 1 aliphatic heterocycles. The molecular formula is C19H25N5O2. The van der Waals surface area contributed by atoms with Gasteiger partial charge in [0.25, 0.3) is 0 Å². The number of amides is 1. The van der Waals surface area contributed by atoms with Gasteiger partial charge in [0, 0.05) is 18.8 Å². The van der Waals surface area contributed by atoms with Gasteiger partial charge in [-0.25, -0.2) is 0 Å². The zero-order valence-corrected chi connectivity index (χ0v) is 14.9. The van der Waals surface area contributed by atoms with Crippen LogP contribution in [0.25, 0.3) is 0 Å². The average molecular weight is 355 g/mol. The van der Waals surface area contributed by atoms with E-state index in [1.807, 2.05) is 18.2 Å². The molecule has 3 rings (SSSR count). The van der Waals surface area contributed by atoms with E-state index in [1.54, 1.807) is 17.3 Å². The van der Waals surface area contributed by atoms with E-state index in [2.05, 4.69) is 21.5 Å². The molecule has 1 atom stereocenters. The lowest BCUT2D eigenvalue weighted by Crippen LogP contribution is -2.44. The molecule has 2 fully saturated rings. The number of likely N-dealkylation sites (tertiary alicyclic amines) is 1.